The number of alkyl halides is 1. The zero-order chi connectivity index (χ0) is 18.5. The lowest BCUT2D eigenvalue weighted by Gasteiger charge is -2.24. The molecule has 1 aromatic heterocycles. The minimum Gasteiger partial charge on any atom is -0.477 e. The van der Waals surface area contributed by atoms with E-state index in [-0.39, 0.29) is 18.5 Å². The molecule has 3 rings (SSSR count). The van der Waals surface area contributed by atoms with Crippen molar-refractivity contribution in [3.63, 3.8) is 0 Å². The molecule has 2 heterocycles. The molecule has 0 spiro atoms. The van der Waals surface area contributed by atoms with Gasteiger partial charge in [0.05, 0.1) is 17.1 Å². The Bertz CT molecular complexity index is 934. The largest absolute Gasteiger partial charge is 0.477 e. The summed E-state index contributed by atoms with van der Waals surface area (Å²) in [4.78, 5) is 23.7. The van der Waals surface area contributed by atoms with Crippen LogP contribution >= 0.6 is 11.6 Å². The van der Waals surface area contributed by atoms with Crippen LogP contribution in [0.15, 0.2) is 17.1 Å². The number of carboxylic acid groups (broad SMARTS) is 1. The van der Waals surface area contributed by atoms with E-state index < -0.39 is 57.4 Å². The fourth-order valence-corrected chi connectivity index (χ4v) is 3.40. The standard InChI is InChI=1S/C15H13ClF3N3O3/c16-10-11(19)8(17)2-6-12(10)22(4-7(13(6)23)15(24)25)14-5(3-20)1-9(18)21-14/h2,4-5,9,14,21H,1,3,20H2,(H,24,25). The molecule has 25 heavy (non-hydrogen) atoms. The highest BCUT2D eigenvalue weighted by Crippen LogP contribution is 2.34. The number of carbonyl (C=O) groups is 1. The fourth-order valence-electron chi connectivity index (χ4n) is 3.11. The fraction of sp³-hybridized carbons (Fsp3) is 0.333. The Morgan fingerprint density at radius 3 is 2.76 bits per heavy atom. The molecule has 0 saturated carbocycles. The van der Waals surface area contributed by atoms with E-state index >= 15 is 0 Å². The number of halogens is 4. The SMILES string of the molecule is NCC1CC(F)NC1n1cc(C(=O)O)c(=O)c2cc(F)c(F)c(Cl)c21. The number of carboxylic acids is 1. The summed E-state index contributed by atoms with van der Waals surface area (Å²) in [5, 5.41) is 10.7. The predicted octanol–water partition coefficient (Wildman–Crippen LogP) is 1.99. The zero-order valence-electron chi connectivity index (χ0n) is 12.6. The first kappa shape index (κ1) is 17.7. The molecule has 134 valence electrons. The van der Waals surface area contributed by atoms with Crippen LogP contribution < -0.4 is 16.5 Å². The minimum atomic E-state index is -1.56. The van der Waals surface area contributed by atoms with Gasteiger partial charge >= 0.3 is 5.97 Å². The van der Waals surface area contributed by atoms with Gasteiger partial charge in [0, 0.05) is 12.1 Å². The van der Waals surface area contributed by atoms with Crippen LogP contribution in [0.3, 0.4) is 0 Å². The Kier molecular flexibility index (Phi) is 4.48. The van der Waals surface area contributed by atoms with Crippen molar-refractivity contribution < 1.29 is 23.1 Å². The van der Waals surface area contributed by atoms with Gasteiger partial charge in [-0.05, 0) is 19.0 Å². The van der Waals surface area contributed by atoms with Crippen LogP contribution in [0.2, 0.25) is 5.02 Å². The second-order valence-corrected chi connectivity index (χ2v) is 6.16. The number of rotatable bonds is 3. The minimum absolute atomic E-state index is 0.0402. The Hall–Kier alpha value is -2.10. The molecule has 1 aromatic carbocycles. The van der Waals surface area contributed by atoms with Crippen LogP contribution in [0, 0.1) is 17.6 Å². The zero-order valence-corrected chi connectivity index (χ0v) is 13.4. The quantitative estimate of drug-likeness (QED) is 0.563. The number of fused-ring (bicyclic) bond motifs is 1. The first-order valence-electron chi connectivity index (χ1n) is 7.32. The maximum absolute atomic E-state index is 13.9. The van der Waals surface area contributed by atoms with Gasteiger partial charge in [-0.25, -0.2) is 18.0 Å². The number of benzene rings is 1. The van der Waals surface area contributed by atoms with Crippen molar-refractivity contribution >= 4 is 28.5 Å². The highest BCUT2D eigenvalue weighted by Gasteiger charge is 2.36. The number of nitrogens with two attached hydrogens (primary N) is 1. The van der Waals surface area contributed by atoms with Crippen LogP contribution in [0.1, 0.15) is 22.9 Å². The lowest BCUT2D eigenvalue weighted by atomic mass is 10.0. The molecule has 10 heteroatoms. The summed E-state index contributed by atoms with van der Waals surface area (Å²) in [6.07, 6.45) is -1.32. The first-order valence-corrected chi connectivity index (χ1v) is 7.69. The lowest BCUT2D eigenvalue weighted by molar-refractivity contribution is 0.0694. The van der Waals surface area contributed by atoms with Crippen molar-refractivity contribution in [2.24, 2.45) is 11.7 Å². The average molecular weight is 376 g/mol. The molecule has 4 N–H and O–H groups in total. The summed E-state index contributed by atoms with van der Waals surface area (Å²) in [5.74, 6) is -4.79. The van der Waals surface area contributed by atoms with Gasteiger partial charge in [0.1, 0.15) is 10.6 Å². The molecule has 6 nitrogen and oxygen atoms in total. The van der Waals surface area contributed by atoms with E-state index in [1.807, 2.05) is 0 Å². The van der Waals surface area contributed by atoms with Gasteiger partial charge in [-0.3, -0.25) is 10.1 Å². The van der Waals surface area contributed by atoms with Gasteiger partial charge in [0.15, 0.2) is 17.9 Å². The maximum Gasteiger partial charge on any atom is 0.341 e. The van der Waals surface area contributed by atoms with E-state index in [1.54, 1.807) is 0 Å². The van der Waals surface area contributed by atoms with Gasteiger partial charge < -0.3 is 15.4 Å². The highest BCUT2D eigenvalue weighted by molar-refractivity contribution is 6.35. The molecular formula is C15H13ClF3N3O3. The van der Waals surface area contributed by atoms with E-state index in [0.717, 1.165) is 10.8 Å². The number of aromatic carboxylic acids is 1. The van der Waals surface area contributed by atoms with Gasteiger partial charge in [-0.15, -0.1) is 0 Å². The molecule has 3 unspecified atom stereocenters. The highest BCUT2D eigenvalue weighted by atomic mass is 35.5. The number of nitrogens with one attached hydrogen (secondary N) is 1. The van der Waals surface area contributed by atoms with Crippen LogP contribution in [0.25, 0.3) is 10.9 Å². The Balaban J connectivity index is 2.41. The third kappa shape index (κ3) is 2.78. The van der Waals surface area contributed by atoms with Crippen LogP contribution in [0.4, 0.5) is 13.2 Å². The molecule has 1 fully saturated rings. The molecule has 1 aliphatic rings. The monoisotopic (exact) mass is 375 g/mol. The summed E-state index contributed by atoms with van der Waals surface area (Å²) < 4.78 is 42.5. The lowest BCUT2D eigenvalue weighted by Crippen LogP contribution is -2.32. The number of pyridine rings is 1. The molecule has 1 saturated heterocycles. The molecule has 2 aromatic rings. The van der Waals surface area contributed by atoms with E-state index in [2.05, 4.69) is 5.32 Å². The summed E-state index contributed by atoms with van der Waals surface area (Å²) in [7, 11) is 0. The van der Waals surface area contributed by atoms with Gasteiger partial charge in [0.2, 0.25) is 5.43 Å². The van der Waals surface area contributed by atoms with Crippen LogP contribution in [0.5, 0.6) is 0 Å². The summed E-state index contributed by atoms with van der Waals surface area (Å²) in [6, 6.07) is 0.584. The molecule has 0 aliphatic carbocycles. The molecular weight excluding hydrogens is 363 g/mol. The van der Waals surface area contributed by atoms with Gasteiger partial charge in [0.25, 0.3) is 0 Å². The maximum atomic E-state index is 13.9. The number of hydrogen-bond donors (Lipinski definition) is 3. The van der Waals surface area contributed by atoms with Crippen LogP contribution in [-0.2, 0) is 0 Å². The van der Waals surface area contributed by atoms with Gasteiger partial charge in [-0.1, -0.05) is 11.6 Å². The van der Waals surface area contributed by atoms with E-state index in [9.17, 15) is 27.9 Å². The number of nitrogens with zero attached hydrogens (tertiary/aromatic N) is 1. The molecule has 1 aliphatic heterocycles. The smallest absolute Gasteiger partial charge is 0.341 e. The van der Waals surface area contributed by atoms with Crippen molar-refractivity contribution in [1.82, 2.24) is 9.88 Å². The Morgan fingerprint density at radius 1 is 1.48 bits per heavy atom. The molecule has 3 atom stereocenters. The number of aromatic nitrogens is 1. The molecule has 0 bridgehead atoms. The predicted molar refractivity (Wildman–Crippen MR) is 84.3 cm³/mol. The van der Waals surface area contributed by atoms with Crippen LogP contribution in [-0.4, -0.2) is 28.5 Å². The van der Waals surface area contributed by atoms with Crippen molar-refractivity contribution in [2.75, 3.05) is 6.54 Å². The number of hydrogen-bond acceptors (Lipinski definition) is 4. The molecule has 0 radical (unpaired) electrons. The van der Waals surface area contributed by atoms with E-state index in [1.165, 1.54) is 0 Å². The van der Waals surface area contributed by atoms with Crippen molar-refractivity contribution in [3.8, 4) is 0 Å². The van der Waals surface area contributed by atoms with Crippen molar-refractivity contribution in [2.45, 2.75) is 18.9 Å². The van der Waals surface area contributed by atoms with Crippen molar-refractivity contribution in [1.29, 1.82) is 0 Å². The Labute approximate surface area is 144 Å². The first-order chi connectivity index (χ1) is 11.8. The average Bonchev–Trinajstić information content (AvgIpc) is 2.94. The molecule has 0 amide bonds. The summed E-state index contributed by atoms with van der Waals surface area (Å²) in [5.41, 5.74) is 3.71. The normalized spacial score (nSPS) is 23.3. The second-order valence-electron chi connectivity index (χ2n) is 5.78. The Morgan fingerprint density at radius 2 is 2.16 bits per heavy atom. The van der Waals surface area contributed by atoms with E-state index in [4.69, 9.17) is 17.3 Å². The van der Waals surface area contributed by atoms with Gasteiger partial charge in [-0.2, -0.15) is 0 Å². The summed E-state index contributed by atoms with van der Waals surface area (Å²) in [6.45, 7) is 0.0510. The van der Waals surface area contributed by atoms with E-state index in [0.29, 0.717) is 6.07 Å². The van der Waals surface area contributed by atoms with Crippen molar-refractivity contribution in [3.05, 3.63) is 44.7 Å². The third-order valence-electron chi connectivity index (χ3n) is 4.29. The second kappa shape index (κ2) is 6.32. The topological polar surface area (TPSA) is 97.3 Å². The third-order valence-corrected chi connectivity index (χ3v) is 4.64. The summed E-state index contributed by atoms with van der Waals surface area (Å²) >= 11 is 5.87.